The normalized spacial score (nSPS) is 10.8. The second-order valence-corrected chi connectivity index (χ2v) is 4.29. The van der Waals surface area contributed by atoms with Crippen LogP contribution in [0.3, 0.4) is 0 Å². The van der Waals surface area contributed by atoms with E-state index in [2.05, 4.69) is 36.8 Å². The Morgan fingerprint density at radius 2 is 2.19 bits per heavy atom. The zero-order chi connectivity index (χ0) is 12.3. The van der Waals surface area contributed by atoms with Crippen LogP contribution in [-0.4, -0.2) is 16.1 Å². The maximum absolute atomic E-state index is 12.6. The molecule has 0 aromatic carbocycles. The predicted molar refractivity (Wildman–Crippen MR) is 60.9 cm³/mol. The Bertz CT molecular complexity index is 413. The molecule has 7 heteroatoms. The van der Waals surface area contributed by atoms with Crippen molar-refractivity contribution in [2.45, 2.75) is 18.2 Å². The maximum Gasteiger partial charge on any atom is 0.307 e. The number of aliphatic carboxylic acids is 1. The number of carbonyl (C=O) groups is 1. The molecule has 1 aromatic rings. The van der Waals surface area contributed by atoms with Gasteiger partial charge in [0.2, 0.25) is 0 Å². The highest BCUT2D eigenvalue weighted by Crippen LogP contribution is 2.28. The van der Waals surface area contributed by atoms with Crippen LogP contribution in [0.1, 0.15) is 23.2 Å². The molecule has 0 atom stereocenters. The summed E-state index contributed by atoms with van der Waals surface area (Å²) in [5.41, 5.74) is 0.447. The van der Waals surface area contributed by atoms with Gasteiger partial charge in [0.05, 0.1) is 17.7 Å². The first-order valence-electron chi connectivity index (χ1n) is 4.19. The van der Waals surface area contributed by atoms with Gasteiger partial charge in [-0.1, -0.05) is 15.9 Å². The van der Waals surface area contributed by atoms with Gasteiger partial charge in [0.15, 0.2) is 0 Å². The van der Waals surface area contributed by atoms with Crippen molar-refractivity contribution < 1.29 is 18.7 Å². The van der Waals surface area contributed by atoms with Crippen molar-refractivity contribution in [3.8, 4) is 0 Å². The quantitative estimate of drug-likeness (QED) is 0.663. The Balaban J connectivity index is 3.22. The molecule has 3 nitrogen and oxygen atoms in total. The molecule has 0 bridgehead atoms. The van der Waals surface area contributed by atoms with Crippen molar-refractivity contribution >= 4 is 37.8 Å². The Morgan fingerprint density at radius 3 is 2.62 bits per heavy atom. The summed E-state index contributed by atoms with van der Waals surface area (Å²) in [5, 5.41) is 8.96. The summed E-state index contributed by atoms with van der Waals surface area (Å²) in [6, 6.07) is 1.17. The minimum atomic E-state index is -2.68. The summed E-state index contributed by atoms with van der Waals surface area (Å²) in [4.78, 5) is 14.5. The number of hydrogen-bond donors (Lipinski definition) is 1. The van der Waals surface area contributed by atoms with Gasteiger partial charge in [0.25, 0.3) is 6.43 Å². The van der Waals surface area contributed by atoms with Crippen LogP contribution in [0, 0.1) is 0 Å². The zero-order valence-corrected chi connectivity index (χ0v) is 11.1. The molecule has 88 valence electrons. The fourth-order valence-corrected chi connectivity index (χ4v) is 2.16. The minimum absolute atomic E-state index is 0.0473. The summed E-state index contributed by atoms with van der Waals surface area (Å²) in [6.45, 7) is 0. The van der Waals surface area contributed by atoms with Crippen LogP contribution in [0.5, 0.6) is 0 Å². The van der Waals surface area contributed by atoms with E-state index in [1.807, 2.05) is 0 Å². The van der Waals surface area contributed by atoms with E-state index in [0.717, 1.165) is 0 Å². The van der Waals surface area contributed by atoms with Gasteiger partial charge in [-0.05, 0) is 27.6 Å². The Labute approximate surface area is 107 Å². The van der Waals surface area contributed by atoms with E-state index in [1.54, 1.807) is 0 Å². The average molecular weight is 359 g/mol. The van der Waals surface area contributed by atoms with Crippen LogP contribution >= 0.6 is 31.9 Å². The topological polar surface area (TPSA) is 50.2 Å². The maximum atomic E-state index is 12.6. The molecular formula is C9H7Br2F2NO2. The van der Waals surface area contributed by atoms with Gasteiger partial charge in [-0.3, -0.25) is 4.79 Å². The van der Waals surface area contributed by atoms with Crippen molar-refractivity contribution in [2.24, 2.45) is 0 Å². The van der Waals surface area contributed by atoms with Crippen LogP contribution in [-0.2, 0) is 16.5 Å². The number of pyridine rings is 1. The summed E-state index contributed by atoms with van der Waals surface area (Å²) in [6.07, 6.45) is -3.00. The molecule has 0 aliphatic rings. The molecule has 0 amide bonds. The number of hydrogen-bond acceptors (Lipinski definition) is 2. The van der Waals surface area contributed by atoms with E-state index < -0.39 is 12.4 Å². The first-order valence-corrected chi connectivity index (χ1v) is 6.11. The predicted octanol–water partition coefficient (Wildman–Crippen LogP) is 3.30. The Morgan fingerprint density at radius 1 is 1.56 bits per heavy atom. The smallest absolute Gasteiger partial charge is 0.307 e. The molecule has 1 N–H and O–H groups in total. The summed E-state index contributed by atoms with van der Waals surface area (Å²) >= 11 is 6.06. The third-order valence-corrected chi connectivity index (χ3v) is 3.04. The summed E-state index contributed by atoms with van der Waals surface area (Å²) < 4.78 is 25.2. The van der Waals surface area contributed by atoms with E-state index in [9.17, 15) is 13.6 Å². The zero-order valence-electron chi connectivity index (χ0n) is 7.88. The van der Waals surface area contributed by atoms with Crippen molar-refractivity contribution in [3.05, 3.63) is 27.5 Å². The van der Waals surface area contributed by atoms with Gasteiger partial charge in [-0.25, -0.2) is 13.8 Å². The fourth-order valence-electron chi connectivity index (χ4n) is 1.17. The van der Waals surface area contributed by atoms with Gasteiger partial charge in [0.1, 0.15) is 4.60 Å². The lowest BCUT2D eigenvalue weighted by molar-refractivity contribution is -0.136. The molecule has 1 heterocycles. The lowest BCUT2D eigenvalue weighted by atomic mass is 10.1. The van der Waals surface area contributed by atoms with Crippen LogP contribution in [0.25, 0.3) is 0 Å². The lowest BCUT2D eigenvalue weighted by Gasteiger charge is -2.09. The van der Waals surface area contributed by atoms with Gasteiger partial charge in [-0.15, -0.1) is 0 Å². The highest BCUT2D eigenvalue weighted by molar-refractivity contribution is 9.10. The standard InChI is InChI=1S/C9H7Br2F2NO2/c10-3-6-4(2-7(15)16)1-5(9(12)13)8(11)14-6/h1,9H,2-3H2,(H,15,16). The number of alkyl halides is 3. The van der Waals surface area contributed by atoms with E-state index in [-0.39, 0.29) is 16.6 Å². The number of halogens is 4. The molecule has 0 aliphatic heterocycles. The van der Waals surface area contributed by atoms with Crippen LogP contribution in [0.2, 0.25) is 0 Å². The molecular weight excluding hydrogens is 352 g/mol. The highest BCUT2D eigenvalue weighted by atomic mass is 79.9. The molecule has 0 spiro atoms. The van der Waals surface area contributed by atoms with Crippen LogP contribution in [0.15, 0.2) is 10.7 Å². The van der Waals surface area contributed by atoms with Gasteiger partial charge < -0.3 is 5.11 Å². The molecule has 0 saturated carbocycles. The van der Waals surface area contributed by atoms with Crippen molar-refractivity contribution in [1.29, 1.82) is 0 Å². The van der Waals surface area contributed by atoms with Crippen molar-refractivity contribution in [3.63, 3.8) is 0 Å². The van der Waals surface area contributed by atoms with E-state index in [0.29, 0.717) is 16.6 Å². The fraction of sp³-hybridized carbons (Fsp3) is 0.333. The summed E-state index contributed by atoms with van der Waals surface area (Å²) in [7, 11) is 0. The Kier molecular flexibility index (Phi) is 4.79. The van der Waals surface area contributed by atoms with Crippen molar-refractivity contribution in [2.75, 3.05) is 0 Å². The van der Waals surface area contributed by atoms with Gasteiger partial charge >= 0.3 is 5.97 Å². The molecule has 1 aromatic heterocycles. The summed E-state index contributed by atoms with van der Waals surface area (Å²) in [5.74, 6) is -1.08. The second kappa shape index (κ2) is 5.67. The van der Waals surface area contributed by atoms with Crippen molar-refractivity contribution in [1.82, 2.24) is 4.98 Å². The molecule has 0 radical (unpaired) electrons. The number of rotatable bonds is 4. The van der Waals surface area contributed by atoms with E-state index in [4.69, 9.17) is 5.11 Å². The van der Waals surface area contributed by atoms with Gasteiger partial charge in [-0.2, -0.15) is 0 Å². The minimum Gasteiger partial charge on any atom is -0.481 e. The number of carboxylic acids is 1. The molecule has 0 fully saturated rings. The van der Waals surface area contributed by atoms with Gasteiger partial charge in [0, 0.05) is 5.33 Å². The first kappa shape index (κ1) is 13.5. The number of nitrogens with zero attached hydrogens (tertiary/aromatic N) is 1. The Hall–Kier alpha value is -0.560. The third kappa shape index (κ3) is 3.21. The number of carboxylic acid groups (broad SMARTS) is 1. The molecule has 0 unspecified atom stereocenters. The first-order chi connectivity index (χ1) is 7.45. The molecule has 0 aliphatic carbocycles. The highest BCUT2D eigenvalue weighted by Gasteiger charge is 2.17. The number of aromatic nitrogens is 1. The molecule has 1 rings (SSSR count). The van der Waals surface area contributed by atoms with E-state index >= 15 is 0 Å². The molecule has 16 heavy (non-hydrogen) atoms. The third-order valence-electron chi connectivity index (χ3n) is 1.88. The van der Waals surface area contributed by atoms with Crippen LogP contribution < -0.4 is 0 Å². The second-order valence-electron chi connectivity index (χ2n) is 2.98. The SMILES string of the molecule is O=C(O)Cc1cc(C(F)F)c(Br)nc1CBr. The average Bonchev–Trinajstić information content (AvgIpc) is 2.18. The van der Waals surface area contributed by atoms with E-state index in [1.165, 1.54) is 6.07 Å². The molecule has 0 saturated heterocycles. The van der Waals surface area contributed by atoms with Crippen LogP contribution in [0.4, 0.5) is 8.78 Å². The largest absolute Gasteiger partial charge is 0.481 e. The monoisotopic (exact) mass is 357 g/mol. The lowest BCUT2D eigenvalue weighted by Crippen LogP contribution is -2.06.